The fourth-order valence-electron chi connectivity index (χ4n) is 5.05. The van der Waals surface area contributed by atoms with Crippen molar-refractivity contribution in [2.75, 3.05) is 19.0 Å². The van der Waals surface area contributed by atoms with Gasteiger partial charge in [0.25, 0.3) is 5.91 Å². The van der Waals surface area contributed by atoms with Gasteiger partial charge in [-0.3, -0.25) is 14.6 Å². The number of anilines is 1. The number of amides is 2. The Bertz CT molecular complexity index is 1110. The lowest BCUT2D eigenvalue weighted by molar-refractivity contribution is -0.118. The maximum absolute atomic E-state index is 13.4. The normalized spacial score (nSPS) is 24.8. The first-order valence-corrected chi connectivity index (χ1v) is 14.5. The summed E-state index contributed by atoms with van der Waals surface area (Å²) in [5.74, 6) is -0.388. The van der Waals surface area contributed by atoms with Gasteiger partial charge in [0.15, 0.2) is 0 Å². The van der Waals surface area contributed by atoms with Crippen molar-refractivity contribution in [1.82, 2.24) is 5.32 Å². The molecule has 3 aliphatic rings. The minimum absolute atomic E-state index is 0.0897. The number of fused-ring (bicyclic) bond motifs is 1. The quantitative estimate of drug-likeness (QED) is 0.456. The van der Waals surface area contributed by atoms with Crippen LogP contribution in [0.5, 0.6) is 0 Å². The van der Waals surface area contributed by atoms with Crippen LogP contribution in [0.15, 0.2) is 16.3 Å². The second-order valence-corrected chi connectivity index (χ2v) is 12.5. The molecule has 1 aliphatic heterocycles. The van der Waals surface area contributed by atoms with E-state index in [4.69, 9.17) is 10.5 Å². The van der Waals surface area contributed by atoms with Gasteiger partial charge in [-0.1, -0.05) is 45.4 Å². The van der Waals surface area contributed by atoms with Gasteiger partial charge in [0.05, 0.1) is 18.2 Å². The number of carbonyl (C=O) groups is 3. The van der Waals surface area contributed by atoms with Crippen molar-refractivity contribution in [3.8, 4) is 0 Å². The van der Waals surface area contributed by atoms with Gasteiger partial charge < -0.3 is 21.1 Å². The summed E-state index contributed by atoms with van der Waals surface area (Å²) >= 11 is 2.62. The van der Waals surface area contributed by atoms with Crippen LogP contribution in [-0.4, -0.2) is 47.8 Å². The zero-order chi connectivity index (χ0) is 26.0. The Morgan fingerprint density at radius 2 is 1.92 bits per heavy atom. The van der Waals surface area contributed by atoms with E-state index in [-0.39, 0.29) is 23.6 Å². The van der Waals surface area contributed by atoms with Crippen LogP contribution < -0.4 is 16.4 Å². The lowest BCUT2D eigenvalue weighted by Crippen LogP contribution is -2.42. The molecule has 1 saturated carbocycles. The molecule has 10 heteroatoms. The lowest BCUT2D eigenvalue weighted by atomic mass is 9.86. The number of methoxy groups -OCH3 is 1. The lowest BCUT2D eigenvalue weighted by Gasteiger charge is -2.29. The molecular weight excluding hydrogens is 496 g/mol. The SMILES string of the molecule is COC(=O)c1c(NC(=O)[C@@H]2SC(=NCC(C)C)C(C(=O)N[C@@H]3CCCC[C@H]3C)=C2N)sc2c1CCC2. The van der Waals surface area contributed by atoms with Gasteiger partial charge in [-0.05, 0) is 49.5 Å². The molecule has 8 nitrogen and oxygen atoms in total. The number of ether oxygens (including phenoxy) is 1. The van der Waals surface area contributed by atoms with E-state index in [1.54, 1.807) is 0 Å². The van der Waals surface area contributed by atoms with Crippen LogP contribution in [0.2, 0.25) is 0 Å². The molecule has 0 bridgehead atoms. The summed E-state index contributed by atoms with van der Waals surface area (Å²) in [7, 11) is 1.34. The molecule has 4 N–H and O–H groups in total. The molecule has 196 valence electrons. The molecule has 1 fully saturated rings. The van der Waals surface area contributed by atoms with Crippen LogP contribution >= 0.6 is 23.1 Å². The predicted octanol–water partition coefficient (Wildman–Crippen LogP) is 4.04. The van der Waals surface area contributed by atoms with Gasteiger partial charge in [0.1, 0.15) is 15.3 Å². The molecule has 1 aromatic heterocycles. The third-order valence-electron chi connectivity index (χ3n) is 7.06. The minimum atomic E-state index is -0.803. The van der Waals surface area contributed by atoms with Crippen molar-refractivity contribution in [2.45, 2.75) is 77.0 Å². The van der Waals surface area contributed by atoms with Crippen LogP contribution in [0.4, 0.5) is 5.00 Å². The topological polar surface area (TPSA) is 123 Å². The Morgan fingerprint density at radius 1 is 1.17 bits per heavy atom. The number of esters is 1. The molecule has 0 saturated heterocycles. The zero-order valence-corrected chi connectivity index (χ0v) is 23.1. The molecule has 2 heterocycles. The summed E-state index contributed by atoms with van der Waals surface area (Å²) < 4.78 is 4.99. The summed E-state index contributed by atoms with van der Waals surface area (Å²) in [4.78, 5) is 45.1. The van der Waals surface area contributed by atoms with Gasteiger partial charge in [0, 0.05) is 23.2 Å². The second-order valence-electron chi connectivity index (χ2n) is 10.3. The molecule has 0 radical (unpaired) electrons. The Labute approximate surface area is 220 Å². The number of carbonyl (C=O) groups excluding carboxylic acids is 3. The summed E-state index contributed by atoms with van der Waals surface area (Å²) in [5.41, 5.74) is 8.40. The van der Waals surface area contributed by atoms with Crippen molar-refractivity contribution in [1.29, 1.82) is 0 Å². The standard InChI is InChI=1S/C26H36N4O4S2/c1-13(2)12-28-24-19(22(31)29-16-10-6-5-8-14(16)3)20(27)21(36-24)23(32)30-25-18(26(33)34-4)15-9-7-11-17(15)35-25/h13-14,16,21H,5-12,27H2,1-4H3,(H,29,31)(H,30,32)/t14-,16-,21-/m1/s1. The summed E-state index contributed by atoms with van der Waals surface area (Å²) in [5, 5.41) is 6.27. The number of nitrogens with zero attached hydrogens (tertiary/aromatic N) is 1. The molecule has 0 unspecified atom stereocenters. The fraction of sp³-hybridized carbons (Fsp3) is 0.615. The van der Waals surface area contributed by atoms with Gasteiger partial charge in [-0.15, -0.1) is 11.3 Å². The first-order valence-electron chi connectivity index (χ1n) is 12.8. The van der Waals surface area contributed by atoms with Crippen LogP contribution in [0.3, 0.4) is 0 Å². The van der Waals surface area contributed by atoms with Gasteiger partial charge in [0.2, 0.25) is 5.91 Å². The van der Waals surface area contributed by atoms with Gasteiger partial charge >= 0.3 is 5.97 Å². The molecule has 2 amide bonds. The molecule has 3 atom stereocenters. The molecule has 2 aliphatic carbocycles. The monoisotopic (exact) mass is 532 g/mol. The number of hydrogen-bond acceptors (Lipinski definition) is 8. The summed E-state index contributed by atoms with van der Waals surface area (Å²) in [6, 6.07) is 0.0897. The van der Waals surface area contributed by atoms with Gasteiger partial charge in [-0.2, -0.15) is 0 Å². The second kappa shape index (κ2) is 11.4. The summed E-state index contributed by atoms with van der Waals surface area (Å²) in [6.45, 7) is 6.79. The number of hydrogen-bond donors (Lipinski definition) is 3. The van der Waals surface area contributed by atoms with E-state index in [1.807, 2.05) is 0 Å². The first-order chi connectivity index (χ1) is 17.2. The van der Waals surface area contributed by atoms with E-state index in [2.05, 4.69) is 36.4 Å². The molecule has 36 heavy (non-hydrogen) atoms. The highest BCUT2D eigenvalue weighted by atomic mass is 32.2. The first kappa shape index (κ1) is 26.7. The summed E-state index contributed by atoms with van der Waals surface area (Å²) in [6.07, 6.45) is 6.96. The van der Waals surface area contributed by atoms with Crippen molar-refractivity contribution >= 4 is 50.9 Å². The van der Waals surface area contributed by atoms with E-state index in [1.165, 1.54) is 36.6 Å². The van der Waals surface area contributed by atoms with Crippen molar-refractivity contribution in [3.05, 3.63) is 27.3 Å². The number of aryl methyl sites for hydroxylation is 1. The fourth-order valence-corrected chi connectivity index (χ4v) is 7.44. The number of nitrogens with one attached hydrogen (secondary N) is 2. The van der Waals surface area contributed by atoms with Crippen molar-refractivity contribution in [3.63, 3.8) is 0 Å². The number of rotatable bonds is 7. The number of thioether (sulfide) groups is 1. The molecule has 0 spiro atoms. The number of aliphatic imine (C=N–C) groups is 1. The zero-order valence-electron chi connectivity index (χ0n) is 21.4. The maximum Gasteiger partial charge on any atom is 0.341 e. The highest BCUT2D eigenvalue weighted by Crippen LogP contribution is 2.41. The van der Waals surface area contributed by atoms with Crippen molar-refractivity contribution in [2.24, 2.45) is 22.6 Å². The van der Waals surface area contributed by atoms with E-state index >= 15 is 0 Å². The highest BCUT2D eigenvalue weighted by molar-refractivity contribution is 8.16. The molecular formula is C26H36N4O4S2. The molecule has 0 aromatic carbocycles. The largest absolute Gasteiger partial charge is 0.465 e. The molecule has 1 aromatic rings. The van der Waals surface area contributed by atoms with E-state index < -0.39 is 11.2 Å². The van der Waals surface area contributed by atoms with E-state index in [0.717, 1.165) is 49.0 Å². The van der Waals surface area contributed by atoms with E-state index in [0.29, 0.717) is 39.6 Å². The highest BCUT2D eigenvalue weighted by Gasteiger charge is 2.40. The minimum Gasteiger partial charge on any atom is -0.465 e. The van der Waals surface area contributed by atoms with Crippen LogP contribution in [0, 0.1) is 11.8 Å². The number of thiophene rings is 1. The van der Waals surface area contributed by atoms with Gasteiger partial charge in [-0.25, -0.2) is 4.79 Å². The van der Waals surface area contributed by atoms with Crippen LogP contribution in [-0.2, 0) is 27.2 Å². The number of nitrogens with two attached hydrogens (primary N) is 1. The maximum atomic E-state index is 13.4. The third-order valence-corrected chi connectivity index (χ3v) is 9.52. The van der Waals surface area contributed by atoms with Crippen LogP contribution in [0.25, 0.3) is 0 Å². The Balaban J connectivity index is 1.59. The van der Waals surface area contributed by atoms with Crippen molar-refractivity contribution < 1.29 is 19.1 Å². The Morgan fingerprint density at radius 3 is 2.61 bits per heavy atom. The smallest absolute Gasteiger partial charge is 0.341 e. The molecule has 4 rings (SSSR count). The predicted molar refractivity (Wildman–Crippen MR) is 146 cm³/mol. The average molecular weight is 533 g/mol. The third kappa shape index (κ3) is 5.49. The van der Waals surface area contributed by atoms with Crippen LogP contribution in [0.1, 0.15) is 73.7 Å². The average Bonchev–Trinajstić information content (AvgIpc) is 3.51. The Hall–Kier alpha value is -2.33. The Kier molecular flexibility index (Phi) is 8.44. The van der Waals surface area contributed by atoms with E-state index in [9.17, 15) is 14.4 Å².